The van der Waals surface area contributed by atoms with Crippen molar-refractivity contribution in [3.05, 3.63) is 22.1 Å². The third-order valence-electron chi connectivity index (χ3n) is 1.30. The van der Waals surface area contributed by atoms with Gasteiger partial charge in [0.05, 0.1) is 12.1 Å². The molecule has 1 aromatic rings. The van der Waals surface area contributed by atoms with Crippen LogP contribution in [-0.4, -0.2) is 27.3 Å². The number of H-pyrrole nitrogens is 1. The van der Waals surface area contributed by atoms with Crippen molar-refractivity contribution < 1.29 is 9.90 Å². The Balaban J connectivity index is 3.01. The normalized spacial score (nSPS) is 9.92. The zero-order valence-electron chi connectivity index (χ0n) is 6.90. The van der Waals surface area contributed by atoms with Crippen molar-refractivity contribution in [1.82, 2.24) is 9.97 Å². The largest absolute Gasteiger partial charge is 0.481 e. The highest BCUT2D eigenvalue weighted by Crippen LogP contribution is 2.05. The number of aromatic amines is 1. The molecule has 0 aliphatic rings. The Morgan fingerprint density at radius 1 is 1.77 bits per heavy atom. The molecule has 70 valence electrons. The van der Waals surface area contributed by atoms with Crippen LogP contribution in [0.25, 0.3) is 0 Å². The third-order valence-corrected chi connectivity index (χ3v) is 1.88. The Hall–Kier alpha value is -1.30. The molecule has 0 fully saturated rings. The summed E-state index contributed by atoms with van der Waals surface area (Å²) in [5.74, 6) is -0.995. The summed E-state index contributed by atoms with van der Waals surface area (Å²) in [6.07, 6.45) is 1.53. The fourth-order valence-corrected chi connectivity index (χ4v) is 1.24. The lowest BCUT2D eigenvalue weighted by Gasteiger charge is -1.98. The van der Waals surface area contributed by atoms with Crippen LogP contribution in [0.2, 0.25) is 0 Å². The number of nitrogens with one attached hydrogen (secondary N) is 1. The Bertz CT molecular complexity index is 374. The summed E-state index contributed by atoms with van der Waals surface area (Å²) >= 11 is 1.26. The molecular formula is C7H8N2O3S. The Morgan fingerprint density at radius 2 is 2.46 bits per heavy atom. The van der Waals surface area contributed by atoms with E-state index in [4.69, 9.17) is 5.11 Å². The molecule has 2 N–H and O–H groups in total. The van der Waals surface area contributed by atoms with Crippen molar-refractivity contribution in [2.75, 3.05) is 6.26 Å². The van der Waals surface area contributed by atoms with Crippen molar-refractivity contribution in [3.8, 4) is 0 Å². The number of nitrogens with zero attached hydrogens (tertiary/aromatic N) is 1. The molecule has 0 spiro atoms. The molecule has 0 unspecified atom stereocenters. The highest BCUT2D eigenvalue weighted by atomic mass is 32.2. The van der Waals surface area contributed by atoms with Gasteiger partial charge in [-0.1, -0.05) is 11.8 Å². The van der Waals surface area contributed by atoms with Crippen molar-refractivity contribution in [1.29, 1.82) is 0 Å². The van der Waals surface area contributed by atoms with Gasteiger partial charge in [-0.2, -0.15) is 0 Å². The van der Waals surface area contributed by atoms with E-state index >= 15 is 0 Å². The van der Waals surface area contributed by atoms with Crippen LogP contribution in [-0.2, 0) is 11.2 Å². The molecule has 0 aliphatic carbocycles. The van der Waals surface area contributed by atoms with Gasteiger partial charge in [0.2, 0.25) is 0 Å². The molecule has 0 aromatic carbocycles. The van der Waals surface area contributed by atoms with Gasteiger partial charge in [-0.15, -0.1) is 0 Å². The molecule has 0 atom stereocenters. The van der Waals surface area contributed by atoms with Crippen molar-refractivity contribution >= 4 is 17.7 Å². The van der Waals surface area contributed by atoms with Gasteiger partial charge in [0.1, 0.15) is 0 Å². The van der Waals surface area contributed by atoms with Crippen LogP contribution in [0.3, 0.4) is 0 Å². The van der Waals surface area contributed by atoms with Gasteiger partial charge in [0.25, 0.3) is 5.56 Å². The van der Waals surface area contributed by atoms with Gasteiger partial charge in [0.15, 0.2) is 5.16 Å². The average Bonchev–Trinajstić information content (AvgIpc) is 2.01. The van der Waals surface area contributed by atoms with Gasteiger partial charge in [-0.25, -0.2) is 4.98 Å². The minimum absolute atomic E-state index is 0.225. The van der Waals surface area contributed by atoms with E-state index in [0.717, 1.165) is 0 Å². The standard InChI is InChI=1S/C7H8N2O3S/c1-13-7-8-4(3-6(11)12)2-5(10)9-7/h2H,3H2,1H3,(H,11,12)(H,8,9,10). The molecule has 1 heterocycles. The summed E-state index contributed by atoms with van der Waals surface area (Å²) in [6.45, 7) is 0. The van der Waals surface area contributed by atoms with Crippen LogP contribution in [0.4, 0.5) is 0 Å². The van der Waals surface area contributed by atoms with E-state index in [-0.39, 0.29) is 17.7 Å². The Labute approximate surface area is 78.2 Å². The van der Waals surface area contributed by atoms with Crippen LogP contribution < -0.4 is 5.56 Å². The molecule has 1 aromatic heterocycles. The van der Waals surface area contributed by atoms with E-state index < -0.39 is 5.97 Å². The fraction of sp³-hybridized carbons (Fsp3) is 0.286. The van der Waals surface area contributed by atoms with Gasteiger partial charge in [0, 0.05) is 6.07 Å². The van der Waals surface area contributed by atoms with E-state index in [9.17, 15) is 9.59 Å². The van der Waals surface area contributed by atoms with E-state index in [1.54, 1.807) is 6.26 Å². The summed E-state index contributed by atoms with van der Waals surface area (Å²) in [7, 11) is 0. The van der Waals surface area contributed by atoms with Crippen molar-refractivity contribution in [2.24, 2.45) is 0 Å². The predicted molar refractivity (Wildman–Crippen MR) is 48.0 cm³/mol. The van der Waals surface area contributed by atoms with Gasteiger partial charge >= 0.3 is 5.97 Å². The maximum Gasteiger partial charge on any atom is 0.309 e. The second-order valence-electron chi connectivity index (χ2n) is 2.32. The number of thioether (sulfide) groups is 1. The van der Waals surface area contributed by atoms with Crippen LogP contribution in [0.5, 0.6) is 0 Å². The van der Waals surface area contributed by atoms with Gasteiger partial charge < -0.3 is 10.1 Å². The molecule has 0 saturated carbocycles. The minimum Gasteiger partial charge on any atom is -0.481 e. The number of carbonyl (C=O) groups is 1. The van der Waals surface area contributed by atoms with Gasteiger partial charge in [-0.05, 0) is 6.26 Å². The number of hydrogen-bond donors (Lipinski definition) is 2. The Morgan fingerprint density at radius 3 is 3.00 bits per heavy atom. The van der Waals surface area contributed by atoms with Crippen LogP contribution in [0.15, 0.2) is 16.0 Å². The summed E-state index contributed by atoms with van der Waals surface area (Å²) in [5, 5.41) is 8.90. The highest BCUT2D eigenvalue weighted by Gasteiger charge is 2.04. The first-order valence-electron chi connectivity index (χ1n) is 3.48. The molecule has 6 heteroatoms. The zero-order valence-corrected chi connectivity index (χ0v) is 7.72. The molecule has 13 heavy (non-hydrogen) atoms. The van der Waals surface area contributed by atoms with Gasteiger partial charge in [-0.3, -0.25) is 9.59 Å². The molecule has 5 nitrogen and oxygen atoms in total. The smallest absolute Gasteiger partial charge is 0.309 e. The fourth-order valence-electron chi connectivity index (χ4n) is 0.826. The number of hydrogen-bond acceptors (Lipinski definition) is 4. The lowest BCUT2D eigenvalue weighted by molar-refractivity contribution is -0.136. The number of rotatable bonds is 3. The molecule has 0 radical (unpaired) electrons. The Kier molecular flexibility index (Phi) is 3.07. The summed E-state index contributed by atoms with van der Waals surface area (Å²) in [4.78, 5) is 27.7. The molecule has 1 rings (SSSR count). The maximum absolute atomic E-state index is 10.9. The van der Waals surface area contributed by atoms with Crippen molar-refractivity contribution in [3.63, 3.8) is 0 Å². The zero-order chi connectivity index (χ0) is 9.84. The topological polar surface area (TPSA) is 83.0 Å². The SMILES string of the molecule is CSc1nc(CC(=O)O)cc(=O)[nH]1. The van der Waals surface area contributed by atoms with E-state index in [2.05, 4.69) is 9.97 Å². The lowest BCUT2D eigenvalue weighted by atomic mass is 10.3. The number of carboxylic acid groups (broad SMARTS) is 1. The summed E-state index contributed by atoms with van der Waals surface area (Å²) in [6, 6.07) is 1.19. The quantitative estimate of drug-likeness (QED) is 0.535. The van der Waals surface area contributed by atoms with Crippen LogP contribution in [0, 0.1) is 0 Å². The monoisotopic (exact) mass is 200 g/mol. The maximum atomic E-state index is 10.9. The van der Waals surface area contributed by atoms with E-state index in [1.165, 1.54) is 17.8 Å². The number of aromatic nitrogens is 2. The first kappa shape index (κ1) is 9.79. The lowest BCUT2D eigenvalue weighted by Crippen LogP contribution is -2.12. The van der Waals surface area contributed by atoms with Crippen LogP contribution in [0.1, 0.15) is 5.69 Å². The second kappa shape index (κ2) is 4.08. The second-order valence-corrected chi connectivity index (χ2v) is 3.11. The molecule has 0 aliphatic heterocycles. The summed E-state index contributed by atoms with van der Waals surface area (Å²) in [5.41, 5.74) is -0.0452. The first-order valence-corrected chi connectivity index (χ1v) is 4.70. The van der Waals surface area contributed by atoms with E-state index in [0.29, 0.717) is 5.16 Å². The van der Waals surface area contributed by atoms with Crippen LogP contribution >= 0.6 is 11.8 Å². The number of aliphatic carboxylic acids is 1. The molecule has 0 saturated heterocycles. The molecule has 0 amide bonds. The minimum atomic E-state index is -0.995. The highest BCUT2D eigenvalue weighted by molar-refractivity contribution is 7.98. The third kappa shape index (κ3) is 2.90. The van der Waals surface area contributed by atoms with Crippen molar-refractivity contribution in [2.45, 2.75) is 11.6 Å². The summed E-state index contributed by atoms with van der Waals surface area (Å²) < 4.78 is 0. The average molecular weight is 200 g/mol. The number of carboxylic acids is 1. The predicted octanol–water partition coefficient (Wildman–Crippen LogP) is 0.119. The van der Waals surface area contributed by atoms with E-state index in [1.807, 2.05) is 0 Å². The molecule has 0 bridgehead atoms. The first-order chi connectivity index (χ1) is 6.11. The molecular weight excluding hydrogens is 192 g/mol.